The Morgan fingerprint density at radius 3 is 1.76 bits per heavy atom. The van der Waals surface area contributed by atoms with Gasteiger partial charge in [-0.2, -0.15) is 0 Å². The van der Waals surface area contributed by atoms with Crippen molar-refractivity contribution in [3.05, 3.63) is 60.7 Å². The van der Waals surface area contributed by atoms with E-state index in [9.17, 15) is 10.2 Å². The molecule has 0 aliphatic rings. The minimum Gasteiger partial charge on any atom is -0.407 e. The molecule has 0 fully saturated rings. The lowest BCUT2D eigenvalue weighted by molar-refractivity contribution is 0.0635. The van der Waals surface area contributed by atoms with Crippen molar-refractivity contribution < 1.29 is 14.6 Å². The third-order valence-corrected chi connectivity index (χ3v) is 10.9. The zero-order chi connectivity index (χ0) is 21.5. The van der Waals surface area contributed by atoms with E-state index < -0.39 is 14.4 Å². The Labute approximate surface area is 177 Å². The minimum atomic E-state index is -2.50. The van der Waals surface area contributed by atoms with Gasteiger partial charge in [0.05, 0.1) is 6.10 Å². The highest BCUT2D eigenvalue weighted by atomic mass is 28.4. The Hall–Kier alpha value is -1.46. The van der Waals surface area contributed by atoms with Crippen LogP contribution >= 0.6 is 0 Å². The monoisotopic (exact) mass is 414 g/mol. The van der Waals surface area contributed by atoms with Crippen molar-refractivity contribution in [2.45, 2.75) is 58.6 Å². The molecule has 0 aromatic heterocycles. The fourth-order valence-corrected chi connectivity index (χ4v) is 8.66. The van der Waals surface area contributed by atoms with E-state index in [2.05, 4.69) is 88.4 Å². The fraction of sp³-hybridized carbons (Fsp3) is 0.520. The number of rotatable bonds is 10. The summed E-state index contributed by atoms with van der Waals surface area (Å²) in [4.78, 5) is 0. The second-order valence-corrected chi connectivity index (χ2v) is 13.7. The highest BCUT2D eigenvalue weighted by Gasteiger charge is 2.50. The van der Waals surface area contributed by atoms with Crippen LogP contribution in [-0.4, -0.2) is 37.8 Å². The summed E-state index contributed by atoms with van der Waals surface area (Å²) in [5, 5.41) is 22.0. The van der Waals surface area contributed by atoms with Crippen molar-refractivity contribution in [3.8, 4) is 0 Å². The summed E-state index contributed by atoms with van der Waals surface area (Å²) < 4.78 is 6.96. The SMILES string of the molecule is C[C@@H](CC[C@H](O)[C@H](C)CO)CO[Si](c1ccccc1)(c1ccccc1)C(C)(C)C. The summed E-state index contributed by atoms with van der Waals surface area (Å²) in [6.45, 7) is 11.6. The van der Waals surface area contributed by atoms with Crippen LogP contribution in [0.3, 0.4) is 0 Å². The van der Waals surface area contributed by atoms with Crippen LogP contribution in [0.2, 0.25) is 5.04 Å². The van der Waals surface area contributed by atoms with Gasteiger partial charge in [-0.25, -0.2) is 0 Å². The summed E-state index contributed by atoms with van der Waals surface area (Å²) in [6.07, 6.45) is 1.10. The third kappa shape index (κ3) is 5.79. The molecule has 29 heavy (non-hydrogen) atoms. The molecule has 2 aromatic rings. The third-order valence-electron chi connectivity index (χ3n) is 5.90. The van der Waals surface area contributed by atoms with Gasteiger partial charge in [-0.1, -0.05) is 95.3 Å². The maximum absolute atomic E-state index is 10.2. The first-order valence-electron chi connectivity index (χ1n) is 10.8. The summed E-state index contributed by atoms with van der Waals surface area (Å²) in [5.41, 5.74) is 0. The average Bonchev–Trinajstić information content (AvgIpc) is 2.72. The second kappa shape index (κ2) is 10.5. The standard InChI is InChI=1S/C25H38O3Si/c1-20(16-17-24(27)21(2)18-26)19-28-29(25(3,4)5,22-12-8-6-9-13-22)23-14-10-7-11-15-23/h6-15,20-21,24,26-27H,16-19H2,1-5H3/t20-,21+,24-/m0/s1. The lowest BCUT2D eigenvalue weighted by Crippen LogP contribution is -2.66. The number of aliphatic hydroxyl groups is 2. The van der Waals surface area contributed by atoms with Crippen LogP contribution in [0.5, 0.6) is 0 Å². The second-order valence-electron chi connectivity index (χ2n) is 9.38. The van der Waals surface area contributed by atoms with E-state index in [1.165, 1.54) is 10.4 Å². The zero-order valence-electron chi connectivity index (χ0n) is 18.6. The molecule has 0 radical (unpaired) electrons. The average molecular weight is 415 g/mol. The molecule has 0 saturated heterocycles. The smallest absolute Gasteiger partial charge is 0.261 e. The van der Waals surface area contributed by atoms with E-state index in [0.717, 1.165) is 6.42 Å². The zero-order valence-corrected chi connectivity index (χ0v) is 19.6. The van der Waals surface area contributed by atoms with Crippen molar-refractivity contribution in [2.24, 2.45) is 11.8 Å². The molecule has 0 amide bonds. The molecule has 0 bridgehead atoms. The predicted molar refractivity (Wildman–Crippen MR) is 124 cm³/mol. The van der Waals surface area contributed by atoms with Crippen LogP contribution in [0.4, 0.5) is 0 Å². The number of benzene rings is 2. The van der Waals surface area contributed by atoms with Crippen LogP contribution < -0.4 is 10.4 Å². The van der Waals surface area contributed by atoms with Crippen LogP contribution in [0.15, 0.2) is 60.7 Å². The van der Waals surface area contributed by atoms with Crippen molar-refractivity contribution in [1.82, 2.24) is 0 Å². The first-order chi connectivity index (χ1) is 13.7. The van der Waals surface area contributed by atoms with Crippen LogP contribution in [-0.2, 0) is 4.43 Å². The van der Waals surface area contributed by atoms with Crippen LogP contribution in [0.1, 0.15) is 47.5 Å². The highest BCUT2D eigenvalue weighted by molar-refractivity contribution is 6.99. The van der Waals surface area contributed by atoms with E-state index >= 15 is 0 Å². The van der Waals surface area contributed by atoms with Gasteiger partial charge in [0.15, 0.2) is 0 Å². The Bertz CT molecular complexity index is 672. The number of hydrogen-bond donors (Lipinski definition) is 2. The number of hydrogen-bond acceptors (Lipinski definition) is 3. The molecule has 2 aromatic carbocycles. The molecule has 4 heteroatoms. The summed E-state index contributed by atoms with van der Waals surface area (Å²) in [5.74, 6) is 0.247. The Kier molecular flexibility index (Phi) is 8.65. The largest absolute Gasteiger partial charge is 0.407 e. The van der Waals surface area contributed by atoms with E-state index in [4.69, 9.17) is 4.43 Å². The van der Waals surface area contributed by atoms with E-state index in [0.29, 0.717) is 18.9 Å². The van der Waals surface area contributed by atoms with E-state index in [-0.39, 0.29) is 17.6 Å². The topological polar surface area (TPSA) is 49.7 Å². The first kappa shape index (κ1) is 23.8. The summed E-state index contributed by atoms with van der Waals surface area (Å²) >= 11 is 0. The Balaban J connectivity index is 2.27. The summed E-state index contributed by atoms with van der Waals surface area (Å²) in [7, 11) is -2.50. The van der Waals surface area contributed by atoms with E-state index in [1.54, 1.807) is 0 Å². The number of aliphatic hydroxyl groups excluding tert-OH is 2. The van der Waals surface area contributed by atoms with Gasteiger partial charge in [0, 0.05) is 19.1 Å². The Morgan fingerprint density at radius 2 is 1.34 bits per heavy atom. The molecule has 0 saturated carbocycles. The molecule has 2 N–H and O–H groups in total. The molecule has 2 rings (SSSR count). The summed E-state index contributed by atoms with van der Waals surface area (Å²) in [6, 6.07) is 21.4. The molecule has 0 aliphatic carbocycles. The predicted octanol–water partition coefficient (Wildman–Crippen LogP) is 3.97. The fourth-order valence-electron chi connectivity index (χ4n) is 3.97. The van der Waals surface area contributed by atoms with Crippen LogP contribution in [0, 0.1) is 11.8 Å². The quantitative estimate of drug-likeness (QED) is 0.579. The molecule has 0 spiro atoms. The van der Waals surface area contributed by atoms with Gasteiger partial charge in [0.25, 0.3) is 8.32 Å². The van der Waals surface area contributed by atoms with Gasteiger partial charge in [-0.15, -0.1) is 0 Å². The van der Waals surface area contributed by atoms with Gasteiger partial charge < -0.3 is 14.6 Å². The minimum absolute atomic E-state index is 0.0219. The van der Waals surface area contributed by atoms with Gasteiger partial charge in [0.1, 0.15) is 0 Å². The Morgan fingerprint density at radius 1 is 0.862 bits per heavy atom. The molecule has 0 heterocycles. The molecular formula is C25H38O3Si. The van der Waals surface area contributed by atoms with Gasteiger partial charge in [0.2, 0.25) is 0 Å². The normalized spacial score (nSPS) is 15.7. The molecule has 0 unspecified atom stereocenters. The van der Waals surface area contributed by atoms with Crippen LogP contribution in [0.25, 0.3) is 0 Å². The lowest BCUT2D eigenvalue weighted by Gasteiger charge is -2.43. The molecular weight excluding hydrogens is 376 g/mol. The molecule has 3 atom stereocenters. The molecule has 0 aliphatic heterocycles. The lowest BCUT2D eigenvalue weighted by atomic mass is 9.97. The molecule has 3 nitrogen and oxygen atoms in total. The molecule has 160 valence electrons. The van der Waals surface area contributed by atoms with Gasteiger partial charge in [-0.3, -0.25) is 0 Å². The van der Waals surface area contributed by atoms with E-state index in [1.807, 2.05) is 6.92 Å². The maximum atomic E-state index is 10.2. The van der Waals surface area contributed by atoms with Crippen molar-refractivity contribution in [2.75, 3.05) is 13.2 Å². The maximum Gasteiger partial charge on any atom is 0.261 e. The van der Waals surface area contributed by atoms with Gasteiger partial charge >= 0.3 is 0 Å². The van der Waals surface area contributed by atoms with Gasteiger partial charge in [-0.05, 0) is 34.2 Å². The first-order valence-corrected chi connectivity index (χ1v) is 12.7. The van der Waals surface area contributed by atoms with Crippen molar-refractivity contribution >= 4 is 18.7 Å². The highest BCUT2D eigenvalue weighted by Crippen LogP contribution is 2.37. The van der Waals surface area contributed by atoms with Crippen molar-refractivity contribution in [1.29, 1.82) is 0 Å². The van der Waals surface area contributed by atoms with Crippen molar-refractivity contribution in [3.63, 3.8) is 0 Å².